The Kier molecular flexibility index (Phi) is 4.57. The summed E-state index contributed by atoms with van der Waals surface area (Å²) >= 11 is 0. The molecule has 0 N–H and O–H groups in total. The van der Waals surface area contributed by atoms with Gasteiger partial charge in [-0.05, 0) is 37.7 Å². The first-order valence-corrected chi connectivity index (χ1v) is 7.26. The maximum absolute atomic E-state index is 4.82. The molecule has 1 aromatic rings. The fourth-order valence-electron chi connectivity index (χ4n) is 2.77. The van der Waals surface area contributed by atoms with Crippen LogP contribution in [0.5, 0.6) is 0 Å². The van der Waals surface area contributed by atoms with Gasteiger partial charge in [-0.3, -0.25) is 4.99 Å². The second-order valence-corrected chi connectivity index (χ2v) is 6.01. The van der Waals surface area contributed by atoms with E-state index in [1.165, 1.54) is 49.8 Å². The standard InChI is InChI=1S/C17H25N/c1-17(2)13-6-7-14-18-16(17)12-8-11-15-9-4-3-5-10-15/h3-5,9-10H,6-8,11-14H2,1-2H3. The maximum Gasteiger partial charge on any atom is 0.0388 e. The molecule has 0 aliphatic carbocycles. The van der Waals surface area contributed by atoms with Crippen LogP contribution in [0.4, 0.5) is 0 Å². The van der Waals surface area contributed by atoms with Gasteiger partial charge in [0.1, 0.15) is 0 Å². The Bertz CT molecular complexity index is 389. The second-order valence-electron chi connectivity index (χ2n) is 6.01. The molecule has 0 saturated carbocycles. The van der Waals surface area contributed by atoms with Gasteiger partial charge in [-0.25, -0.2) is 0 Å². The van der Waals surface area contributed by atoms with Crippen LogP contribution < -0.4 is 0 Å². The Balaban J connectivity index is 1.87. The van der Waals surface area contributed by atoms with E-state index in [1.54, 1.807) is 0 Å². The lowest BCUT2D eigenvalue weighted by Crippen LogP contribution is -2.23. The van der Waals surface area contributed by atoms with E-state index in [4.69, 9.17) is 4.99 Å². The van der Waals surface area contributed by atoms with Gasteiger partial charge in [0.25, 0.3) is 0 Å². The lowest BCUT2D eigenvalue weighted by Gasteiger charge is -2.25. The van der Waals surface area contributed by atoms with Gasteiger partial charge < -0.3 is 0 Å². The highest BCUT2D eigenvalue weighted by Gasteiger charge is 2.25. The van der Waals surface area contributed by atoms with E-state index in [0.717, 1.165) is 6.54 Å². The normalized spacial score (nSPS) is 19.1. The molecule has 1 heterocycles. The topological polar surface area (TPSA) is 12.4 Å². The molecule has 2 rings (SSSR count). The summed E-state index contributed by atoms with van der Waals surface area (Å²) in [5.41, 5.74) is 3.23. The molecule has 1 aliphatic rings. The van der Waals surface area contributed by atoms with E-state index in [-0.39, 0.29) is 0 Å². The molecule has 1 nitrogen and oxygen atoms in total. The Morgan fingerprint density at radius 1 is 1.06 bits per heavy atom. The van der Waals surface area contributed by atoms with Crippen molar-refractivity contribution in [2.45, 2.75) is 52.4 Å². The van der Waals surface area contributed by atoms with Crippen LogP contribution in [0.2, 0.25) is 0 Å². The molecule has 0 unspecified atom stereocenters. The van der Waals surface area contributed by atoms with Crippen LogP contribution in [0.1, 0.15) is 51.5 Å². The lowest BCUT2D eigenvalue weighted by molar-refractivity contribution is 0.454. The molecule has 0 saturated heterocycles. The summed E-state index contributed by atoms with van der Waals surface area (Å²) in [6, 6.07) is 10.8. The van der Waals surface area contributed by atoms with Crippen molar-refractivity contribution in [1.29, 1.82) is 0 Å². The monoisotopic (exact) mass is 243 g/mol. The highest BCUT2D eigenvalue weighted by molar-refractivity contribution is 5.89. The molecular weight excluding hydrogens is 218 g/mol. The van der Waals surface area contributed by atoms with E-state index in [1.807, 2.05) is 0 Å². The summed E-state index contributed by atoms with van der Waals surface area (Å²) in [6.45, 7) is 5.77. The largest absolute Gasteiger partial charge is 0.294 e. The molecule has 0 amide bonds. The van der Waals surface area contributed by atoms with E-state index in [0.29, 0.717) is 5.41 Å². The zero-order chi connectivity index (χ0) is 12.8. The van der Waals surface area contributed by atoms with Gasteiger partial charge in [-0.15, -0.1) is 0 Å². The van der Waals surface area contributed by atoms with Gasteiger partial charge in [-0.2, -0.15) is 0 Å². The predicted molar refractivity (Wildman–Crippen MR) is 79.3 cm³/mol. The minimum absolute atomic E-state index is 0.327. The number of aliphatic imine (C=N–C) groups is 1. The maximum atomic E-state index is 4.82. The smallest absolute Gasteiger partial charge is 0.0388 e. The molecule has 0 aromatic heterocycles. The summed E-state index contributed by atoms with van der Waals surface area (Å²) in [5.74, 6) is 0. The molecule has 18 heavy (non-hydrogen) atoms. The first kappa shape index (κ1) is 13.3. The van der Waals surface area contributed by atoms with Crippen LogP contribution in [0.3, 0.4) is 0 Å². The van der Waals surface area contributed by atoms with Crippen molar-refractivity contribution in [3.63, 3.8) is 0 Å². The van der Waals surface area contributed by atoms with Crippen LogP contribution in [-0.4, -0.2) is 12.3 Å². The zero-order valence-corrected chi connectivity index (χ0v) is 11.8. The van der Waals surface area contributed by atoms with Crippen LogP contribution >= 0.6 is 0 Å². The highest BCUT2D eigenvalue weighted by Crippen LogP contribution is 2.30. The Labute approximate surface area is 111 Å². The van der Waals surface area contributed by atoms with Crippen molar-refractivity contribution in [2.24, 2.45) is 10.4 Å². The summed E-state index contributed by atoms with van der Waals surface area (Å²) in [6.07, 6.45) is 7.48. The molecule has 1 aliphatic heterocycles. The van der Waals surface area contributed by atoms with Gasteiger partial charge in [0, 0.05) is 17.7 Å². The van der Waals surface area contributed by atoms with Crippen molar-refractivity contribution in [2.75, 3.05) is 6.54 Å². The Morgan fingerprint density at radius 2 is 1.83 bits per heavy atom. The van der Waals surface area contributed by atoms with Crippen molar-refractivity contribution in [3.8, 4) is 0 Å². The number of benzene rings is 1. The predicted octanol–water partition coefficient (Wildman–Crippen LogP) is 4.66. The van der Waals surface area contributed by atoms with Gasteiger partial charge in [0.2, 0.25) is 0 Å². The van der Waals surface area contributed by atoms with Crippen molar-refractivity contribution in [1.82, 2.24) is 0 Å². The van der Waals surface area contributed by atoms with Gasteiger partial charge in [0.15, 0.2) is 0 Å². The lowest BCUT2D eigenvalue weighted by atomic mass is 9.80. The van der Waals surface area contributed by atoms with Crippen LogP contribution in [-0.2, 0) is 6.42 Å². The van der Waals surface area contributed by atoms with E-state index in [2.05, 4.69) is 44.2 Å². The van der Waals surface area contributed by atoms with E-state index < -0.39 is 0 Å². The van der Waals surface area contributed by atoms with Crippen molar-refractivity contribution >= 4 is 5.71 Å². The van der Waals surface area contributed by atoms with Gasteiger partial charge in [0.05, 0.1) is 0 Å². The van der Waals surface area contributed by atoms with Crippen LogP contribution in [0.25, 0.3) is 0 Å². The minimum atomic E-state index is 0.327. The fourth-order valence-corrected chi connectivity index (χ4v) is 2.77. The van der Waals surface area contributed by atoms with Crippen LogP contribution in [0.15, 0.2) is 35.3 Å². The molecule has 0 bridgehead atoms. The minimum Gasteiger partial charge on any atom is -0.294 e. The third kappa shape index (κ3) is 3.69. The first-order valence-electron chi connectivity index (χ1n) is 7.26. The van der Waals surface area contributed by atoms with Crippen molar-refractivity contribution < 1.29 is 0 Å². The summed E-state index contributed by atoms with van der Waals surface area (Å²) in [5, 5.41) is 0. The Hall–Kier alpha value is -1.11. The van der Waals surface area contributed by atoms with Gasteiger partial charge in [-0.1, -0.05) is 50.6 Å². The zero-order valence-electron chi connectivity index (χ0n) is 11.8. The molecule has 98 valence electrons. The summed E-state index contributed by atoms with van der Waals surface area (Å²) in [4.78, 5) is 4.82. The number of nitrogens with zero attached hydrogens (tertiary/aromatic N) is 1. The number of hydrogen-bond donors (Lipinski definition) is 0. The SMILES string of the molecule is CC1(C)CCCCN=C1CCCc1ccccc1. The Morgan fingerprint density at radius 3 is 2.61 bits per heavy atom. The van der Waals surface area contributed by atoms with Crippen molar-refractivity contribution in [3.05, 3.63) is 35.9 Å². The summed E-state index contributed by atoms with van der Waals surface area (Å²) < 4.78 is 0. The number of rotatable bonds is 4. The van der Waals surface area contributed by atoms with E-state index in [9.17, 15) is 0 Å². The molecule has 0 fully saturated rings. The molecular formula is C17H25N. The summed E-state index contributed by atoms with van der Waals surface area (Å²) in [7, 11) is 0. The van der Waals surface area contributed by atoms with Gasteiger partial charge >= 0.3 is 0 Å². The number of aryl methyl sites for hydroxylation is 1. The van der Waals surface area contributed by atoms with Crippen LogP contribution in [0, 0.1) is 5.41 Å². The molecule has 1 heteroatoms. The number of hydrogen-bond acceptors (Lipinski definition) is 1. The third-order valence-corrected chi connectivity index (χ3v) is 4.02. The molecule has 1 aromatic carbocycles. The van der Waals surface area contributed by atoms with E-state index >= 15 is 0 Å². The molecule has 0 radical (unpaired) electrons. The average molecular weight is 243 g/mol. The quantitative estimate of drug-likeness (QED) is 0.729. The second kappa shape index (κ2) is 6.17. The molecule has 0 spiro atoms. The fraction of sp³-hybridized carbons (Fsp3) is 0.588. The highest BCUT2D eigenvalue weighted by atomic mass is 14.8. The third-order valence-electron chi connectivity index (χ3n) is 4.02. The molecule has 0 atom stereocenters. The first-order chi connectivity index (χ1) is 8.68. The average Bonchev–Trinajstić information content (AvgIpc) is 2.53.